The summed E-state index contributed by atoms with van der Waals surface area (Å²) in [5.41, 5.74) is 8.62. The van der Waals surface area contributed by atoms with E-state index in [9.17, 15) is 4.79 Å². The van der Waals surface area contributed by atoms with E-state index < -0.39 is 5.54 Å². The van der Waals surface area contributed by atoms with E-state index in [1.807, 2.05) is 67.7 Å². The molecule has 0 aliphatic carbocycles. The number of rotatable bonds is 6. The van der Waals surface area contributed by atoms with Gasteiger partial charge in [-0.25, -0.2) is 9.97 Å². The highest BCUT2D eigenvalue weighted by atomic mass is 35.5. The number of aromatic amines is 1. The Balaban J connectivity index is 1.32. The number of nitrogens with two attached hydrogens (primary N) is 1. The first-order valence-corrected chi connectivity index (χ1v) is 11.8. The van der Waals surface area contributed by atoms with Crippen molar-refractivity contribution in [3.05, 3.63) is 77.6 Å². The first-order chi connectivity index (χ1) is 16.5. The number of amides is 1. The maximum Gasteiger partial charge on any atom is 0.242 e. The standard InChI is InChI=1S/C26H27ClN6O/c1-26(24(28)34,17-7-3-2-4-8-17)33-13-11-18(12-14-33)31-25-30-16-21(27)23(32-25)20-15-29-22-10-6-5-9-19(20)22/h2-10,15-16,18,29H,11-14H2,1H3,(H2,28,34)(H,30,31,32). The Labute approximate surface area is 203 Å². The van der Waals surface area contributed by atoms with Gasteiger partial charge in [0.15, 0.2) is 0 Å². The Morgan fingerprint density at radius 3 is 2.59 bits per heavy atom. The number of halogens is 1. The molecule has 1 saturated heterocycles. The van der Waals surface area contributed by atoms with Crippen LogP contribution in [0, 0.1) is 0 Å². The molecule has 1 aliphatic heterocycles. The highest BCUT2D eigenvalue weighted by molar-refractivity contribution is 6.33. The van der Waals surface area contributed by atoms with Gasteiger partial charge in [-0.1, -0.05) is 60.1 Å². The second-order valence-electron chi connectivity index (χ2n) is 8.85. The summed E-state index contributed by atoms with van der Waals surface area (Å²) in [6.07, 6.45) is 5.24. The Hall–Kier alpha value is -3.42. The molecule has 34 heavy (non-hydrogen) atoms. The summed E-state index contributed by atoms with van der Waals surface area (Å²) < 4.78 is 0. The summed E-state index contributed by atoms with van der Waals surface area (Å²) in [5, 5.41) is 5.03. The van der Waals surface area contributed by atoms with Gasteiger partial charge < -0.3 is 16.0 Å². The summed E-state index contributed by atoms with van der Waals surface area (Å²) in [4.78, 5) is 27.1. The number of nitrogens with zero attached hydrogens (tertiary/aromatic N) is 3. The lowest BCUT2D eigenvalue weighted by Crippen LogP contribution is -2.56. The Morgan fingerprint density at radius 1 is 1.15 bits per heavy atom. The summed E-state index contributed by atoms with van der Waals surface area (Å²) >= 11 is 6.47. The molecule has 4 aromatic rings. The first kappa shape index (κ1) is 22.4. The summed E-state index contributed by atoms with van der Waals surface area (Å²) in [6, 6.07) is 18.0. The number of aromatic nitrogens is 3. The molecule has 0 bridgehead atoms. The molecular weight excluding hydrogens is 448 g/mol. The quantitative estimate of drug-likeness (QED) is 0.380. The predicted octanol–water partition coefficient (Wildman–Crippen LogP) is 4.56. The largest absolute Gasteiger partial charge is 0.368 e. The van der Waals surface area contributed by atoms with Gasteiger partial charge in [0.25, 0.3) is 0 Å². The zero-order valence-electron chi connectivity index (χ0n) is 19.0. The molecular formula is C26H27ClN6O. The van der Waals surface area contributed by atoms with Gasteiger partial charge in [-0.2, -0.15) is 0 Å². The van der Waals surface area contributed by atoms with Crippen LogP contribution >= 0.6 is 11.6 Å². The maximum absolute atomic E-state index is 12.5. The fourth-order valence-electron chi connectivity index (χ4n) is 4.79. The van der Waals surface area contributed by atoms with Gasteiger partial charge in [0.05, 0.1) is 16.9 Å². The zero-order valence-corrected chi connectivity index (χ0v) is 19.7. The number of carbonyl (C=O) groups excluding carboxylic acids is 1. The average Bonchev–Trinajstić information content (AvgIpc) is 3.29. The number of benzene rings is 2. The number of likely N-dealkylation sites (tertiary alicyclic amines) is 1. The van der Waals surface area contributed by atoms with Crippen LogP contribution in [0.15, 0.2) is 67.0 Å². The molecule has 1 unspecified atom stereocenters. The summed E-state index contributed by atoms with van der Waals surface area (Å²) in [7, 11) is 0. The molecule has 1 fully saturated rings. The molecule has 7 nitrogen and oxygen atoms in total. The van der Waals surface area contributed by atoms with Crippen LogP contribution in [-0.2, 0) is 10.3 Å². The lowest BCUT2D eigenvalue weighted by Gasteiger charge is -2.43. The topological polar surface area (TPSA) is 99.9 Å². The van der Waals surface area contributed by atoms with E-state index in [1.165, 1.54) is 0 Å². The molecule has 5 rings (SSSR count). The lowest BCUT2D eigenvalue weighted by atomic mass is 9.87. The van der Waals surface area contributed by atoms with Gasteiger partial charge >= 0.3 is 0 Å². The van der Waals surface area contributed by atoms with Crippen LogP contribution in [0.2, 0.25) is 5.02 Å². The van der Waals surface area contributed by atoms with Crippen LogP contribution in [0.4, 0.5) is 5.95 Å². The predicted molar refractivity (Wildman–Crippen MR) is 136 cm³/mol. The van der Waals surface area contributed by atoms with Crippen molar-refractivity contribution in [2.45, 2.75) is 31.3 Å². The van der Waals surface area contributed by atoms with Crippen LogP contribution in [0.5, 0.6) is 0 Å². The third-order valence-electron chi connectivity index (χ3n) is 6.86. The van der Waals surface area contributed by atoms with Crippen LogP contribution < -0.4 is 11.1 Å². The number of piperidine rings is 1. The molecule has 1 aliphatic rings. The molecule has 4 N–H and O–H groups in total. The highest BCUT2D eigenvalue weighted by Crippen LogP contribution is 2.34. The number of para-hydroxylation sites is 1. The van der Waals surface area contributed by atoms with Crippen molar-refractivity contribution in [1.82, 2.24) is 19.9 Å². The SMILES string of the molecule is CC(C(N)=O)(c1ccccc1)N1CCC(Nc2ncc(Cl)c(-c3c[nH]c4ccccc34)n2)CC1. The van der Waals surface area contributed by atoms with Crippen molar-refractivity contribution in [2.24, 2.45) is 5.73 Å². The van der Waals surface area contributed by atoms with E-state index in [-0.39, 0.29) is 11.9 Å². The van der Waals surface area contributed by atoms with Gasteiger partial charge in [-0.05, 0) is 31.4 Å². The minimum Gasteiger partial charge on any atom is -0.368 e. The number of primary amides is 1. The maximum atomic E-state index is 12.5. The van der Waals surface area contributed by atoms with Crippen LogP contribution in [-0.4, -0.2) is 44.9 Å². The van der Waals surface area contributed by atoms with E-state index in [1.54, 1.807) is 6.20 Å². The Kier molecular flexibility index (Phi) is 5.98. The van der Waals surface area contributed by atoms with Gasteiger partial charge in [-0.15, -0.1) is 0 Å². The highest BCUT2D eigenvalue weighted by Gasteiger charge is 2.41. The molecule has 1 amide bonds. The molecule has 3 heterocycles. The number of anilines is 1. The zero-order chi connectivity index (χ0) is 23.7. The van der Waals surface area contributed by atoms with Gasteiger partial charge in [-0.3, -0.25) is 9.69 Å². The number of fused-ring (bicyclic) bond motifs is 1. The second-order valence-corrected chi connectivity index (χ2v) is 9.25. The Morgan fingerprint density at radius 2 is 1.85 bits per heavy atom. The van der Waals surface area contributed by atoms with Crippen LogP contribution in [0.25, 0.3) is 22.2 Å². The number of hydrogen-bond acceptors (Lipinski definition) is 5. The van der Waals surface area contributed by atoms with Crippen LogP contribution in [0.1, 0.15) is 25.3 Å². The molecule has 174 valence electrons. The molecule has 0 spiro atoms. The van der Waals surface area contributed by atoms with Crippen LogP contribution in [0.3, 0.4) is 0 Å². The van der Waals surface area contributed by atoms with Gasteiger partial charge in [0.1, 0.15) is 5.54 Å². The second kappa shape index (κ2) is 9.08. The third-order valence-corrected chi connectivity index (χ3v) is 7.14. The molecule has 0 radical (unpaired) electrons. The van der Waals surface area contributed by atoms with E-state index in [4.69, 9.17) is 22.3 Å². The molecule has 0 saturated carbocycles. The molecule has 2 aromatic carbocycles. The summed E-state index contributed by atoms with van der Waals surface area (Å²) in [6.45, 7) is 3.37. The molecule has 8 heteroatoms. The molecule has 2 aromatic heterocycles. The third kappa shape index (κ3) is 4.02. The first-order valence-electron chi connectivity index (χ1n) is 11.4. The fourth-order valence-corrected chi connectivity index (χ4v) is 4.98. The lowest BCUT2D eigenvalue weighted by molar-refractivity contribution is -0.130. The van der Waals surface area contributed by atoms with Crippen molar-refractivity contribution in [1.29, 1.82) is 0 Å². The fraction of sp³-hybridized carbons (Fsp3) is 0.269. The van der Waals surface area contributed by atoms with E-state index >= 15 is 0 Å². The number of hydrogen-bond donors (Lipinski definition) is 3. The number of nitrogens with one attached hydrogen (secondary N) is 2. The normalized spacial score (nSPS) is 16.9. The number of H-pyrrole nitrogens is 1. The smallest absolute Gasteiger partial charge is 0.242 e. The van der Waals surface area contributed by atoms with Crippen molar-refractivity contribution in [3.8, 4) is 11.3 Å². The van der Waals surface area contributed by atoms with Crippen molar-refractivity contribution in [3.63, 3.8) is 0 Å². The van der Waals surface area contributed by atoms with E-state index in [0.717, 1.165) is 48.0 Å². The average molecular weight is 475 g/mol. The van der Waals surface area contributed by atoms with E-state index in [2.05, 4.69) is 20.2 Å². The number of carbonyl (C=O) groups is 1. The van der Waals surface area contributed by atoms with Crippen molar-refractivity contribution < 1.29 is 4.79 Å². The van der Waals surface area contributed by atoms with Gasteiger partial charge in [0.2, 0.25) is 11.9 Å². The van der Waals surface area contributed by atoms with E-state index in [0.29, 0.717) is 16.7 Å². The Bertz CT molecular complexity index is 1320. The summed E-state index contributed by atoms with van der Waals surface area (Å²) in [5.74, 6) is 0.207. The minimum absolute atomic E-state index is 0.182. The van der Waals surface area contributed by atoms with Crippen molar-refractivity contribution >= 4 is 34.4 Å². The molecule has 1 atom stereocenters. The monoisotopic (exact) mass is 474 g/mol. The van der Waals surface area contributed by atoms with Gasteiger partial charge in [0, 0.05) is 41.8 Å². The van der Waals surface area contributed by atoms with Crippen molar-refractivity contribution in [2.75, 3.05) is 18.4 Å². The minimum atomic E-state index is -0.842.